The van der Waals surface area contributed by atoms with Crippen molar-refractivity contribution >= 4 is 78.5 Å². The second-order valence-corrected chi connectivity index (χ2v) is 16.5. The van der Waals surface area contributed by atoms with Gasteiger partial charge >= 0.3 is 0 Å². The number of carbonyl (C=O) groups excluding carboxylic acids is 4. The number of fused-ring (bicyclic) bond motifs is 2. The number of benzene rings is 7. The van der Waals surface area contributed by atoms with Gasteiger partial charge in [0.1, 0.15) is 0 Å². The molecule has 0 saturated carbocycles. The predicted octanol–water partition coefficient (Wildman–Crippen LogP) is 10.6. The largest absolute Gasteiger partial charge is 0.270 e. The molecule has 2 aliphatic rings. The molecule has 2 aliphatic heterocycles. The highest BCUT2D eigenvalue weighted by Crippen LogP contribution is 2.47. The Morgan fingerprint density at radius 3 is 1.40 bits per heavy atom. The van der Waals surface area contributed by atoms with Crippen molar-refractivity contribution < 1.29 is 19.2 Å². The van der Waals surface area contributed by atoms with Crippen molar-refractivity contribution in [3.63, 3.8) is 0 Å². The maximum absolute atomic E-state index is 14.6. The summed E-state index contributed by atoms with van der Waals surface area (Å²) >= 11 is 0. The Balaban J connectivity index is 1.23. The Morgan fingerprint density at radius 2 is 0.981 bits per heavy atom. The van der Waals surface area contributed by atoms with Gasteiger partial charge in [-0.15, -0.1) is 0 Å². The van der Waals surface area contributed by atoms with Gasteiger partial charge in [-0.05, 0) is 95.7 Å². The number of carbonyl (C=O) groups is 4. The van der Waals surface area contributed by atoms with E-state index in [0.29, 0.717) is 38.7 Å². The highest BCUT2D eigenvalue weighted by atomic mass is 16.2. The van der Waals surface area contributed by atoms with Gasteiger partial charge in [-0.3, -0.25) is 24.1 Å². The van der Waals surface area contributed by atoms with Crippen LogP contribution in [-0.2, 0) is 17.4 Å². The lowest BCUT2D eigenvalue weighted by Crippen LogP contribution is -2.42. The van der Waals surface area contributed by atoms with E-state index in [9.17, 15) is 19.2 Å². The van der Waals surface area contributed by atoms with E-state index in [2.05, 4.69) is 60.3 Å². The van der Waals surface area contributed by atoms with E-state index in [0.717, 1.165) is 54.6 Å². The topological polar surface area (TPSA) is 74.8 Å². The number of rotatable bonds is 4. The molecule has 0 fully saturated rings. The minimum Gasteiger partial charge on any atom is -0.270 e. The van der Waals surface area contributed by atoms with Crippen LogP contribution >= 0.6 is 0 Å². The number of amides is 4. The quantitative estimate of drug-likeness (QED) is 0.104. The van der Waals surface area contributed by atoms with Crippen molar-refractivity contribution in [2.45, 2.75) is 58.9 Å². The molecule has 4 amide bonds. The van der Waals surface area contributed by atoms with Crippen LogP contribution in [0.15, 0.2) is 97.6 Å². The molecule has 6 heteroatoms. The van der Waals surface area contributed by atoms with Gasteiger partial charge in [0, 0.05) is 33.0 Å². The summed E-state index contributed by atoms with van der Waals surface area (Å²) in [7, 11) is 0. The normalized spacial score (nSPS) is 14.8. The molecule has 260 valence electrons. The number of imide groups is 2. The average molecular weight is 695 g/mol. The standard InChI is InChI=1S/C47H38N2O4/c1-8-25-9-11-26(12-10-25)24-48-42(50)32-18-14-28-30-16-20-34-41-35(21-17-31(39(30)41)29-15-19-33(43(48)51)40(32)38(28)29)45(53)49(44(34)52)37-23-27(46(2,3)4)13-22-36(37)47(5,6)7/h8-23H,1,24H2,2-7H3. The third kappa shape index (κ3) is 4.58. The molecule has 0 aromatic heterocycles. The molecule has 7 aromatic rings. The molecule has 0 atom stereocenters. The van der Waals surface area contributed by atoms with Crippen LogP contribution in [0.4, 0.5) is 5.69 Å². The Bertz CT molecular complexity index is 2690. The zero-order valence-electron chi connectivity index (χ0n) is 30.7. The zero-order valence-corrected chi connectivity index (χ0v) is 30.7. The monoisotopic (exact) mass is 694 g/mol. The van der Waals surface area contributed by atoms with Crippen LogP contribution in [0, 0.1) is 0 Å². The van der Waals surface area contributed by atoms with Crippen molar-refractivity contribution in [3.8, 4) is 0 Å². The van der Waals surface area contributed by atoms with Gasteiger partial charge in [0.05, 0.1) is 12.2 Å². The molecule has 6 nitrogen and oxygen atoms in total. The molecule has 9 rings (SSSR count). The second kappa shape index (κ2) is 10.9. The SMILES string of the molecule is C=Cc1ccc(CN2C(=O)c3ccc4c5ccc6c7c(ccc(c8ccc(c3c48)C2=O)c75)C(=O)N(c2cc(C(C)(C)C)ccc2C(C)(C)C)C6=O)cc1. The molecule has 0 spiro atoms. The molecule has 0 unspecified atom stereocenters. The smallest absolute Gasteiger partial charge is 0.265 e. The van der Waals surface area contributed by atoms with E-state index in [1.807, 2.05) is 78.9 Å². The first-order valence-corrected chi connectivity index (χ1v) is 18.0. The first kappa shape index (κ1) is 32.7. The summed E-state index contributed by atoms with van der Waals surface area (Å²) in [6.45, 7) is 16.6. The van der Waals surface area contributed by atoms with Gasteiger partial charge in [-0.25, -0.2) is 4.90 Å². The highest BCUT2D eigenvalue weighted by molar-refractivity contribution is 6.43. The lowest BCUT2D eigenvalue weighted by atomic mass is 9.79. The van der Waals surface area contributed by atoms with Crippen molar-refractivity contribution in [1.82, 2.24) is 4.90 Å². The third-order valence-electron chi connectivity index (χ3n) is 11.2. The van der Waals surface area contributed by atoms with Crippen LogP contribution in [0.3, 0.4) is 0 Å². The van der Waals surface area contributed by atoms with Crippen molar-refractivity contribution in [2.24, 2.45) is 0 Å². The summed E-state index contributed by atoms with van der Waals surface area (Å²) in [4.78, 5) is 60.0. The highest BCUT2D eigenvalue weighted by Gasteiger charge is 2.39. The fourth-order valence-corrected chi connectivity index (χ4v) is 8.44. The zero-order chi connectivity index (χ0) is 37.3. The Hall–Kier alpha value is -6.14. The maximum Gasteiger partial charge on any atom is 0.265 e. The van der Waals surface area contributed by atoms with E-state index in [1.54, 1.807) is 6.08 Å². The molecule has 0 saturated heterocycles. The molecule has 53 heavy (non-hydrogen) atoms. The minimum atomic E-state index is -0.353. The average Bonchev–Trinajstić information content (AvgIpc) is 3.13. The number of nitrogens with zero attached hydrogens (tertiary/aromatic N) is 2. The van der Waals surface area contributed by atoms with Crippen LogP contribution in [0.2, 0.25) is 0 Å². The fraction of sp³-hybridized carbons (Fsp3) is 0.191. The first-order valence-electron chi connectivity index (χ1n) is 18.0. The minimum absolute atomic E-state index is 0.157. The maximum atomic E-state index is 14.6. The predicted molar refractivity (Wildman–Crippen MR) is 213 cm³/mol. The van der Waals surface area contributed by atoms with Gasteiger partial charge in [-0.2, -0.15) is 0 Å². The van der Waals surface area contributed by atoms with Gasteiger partial charge in [-0.1, -0.05) is 115 Å². The van der Waals surface area contributed by atoms with Crippen molar-refractivity contribution in [1.29, 1.82) is 0 Å². The van der Waals surface area contributed by atoms with Crippen molar-refractivity contribution in [3.05, 3.63) is 142 Å². The molecule has 0 aliphatic carbocycles. The van der Waals surface area contributed by atoms with E-state index >= 15 is 0 Å². The van der Waals surface area contributed by atoms with Gasteiger partial charge < -0.3 is 0 Å². The second-order valence-electron chi connectivity index (χ2n) is 16.5. The molecule has 7 aromatic carbocycles. The lowest BCUT2D eigenvalue weighted by Gasteiger charge is -2.34. The first-order chi connectivity index (χ1) is 25.2. The molecule has 0 bridgehead atoms. The molecular formula is C47H38N2O4. The Labute approximate surface area is 307 Å². The van der Waals surface area contributed by atoms with Crippen LogP contribution in [-0.4, -0.2) is 28.5 Å². The molecular weight excluding hydrogens is 657 g/mol. The van der Waals surface area contributed by atoms with E-state index in [1.165, 1.54) is 9.80 Å². The number of hydrogen-bond acceptors (Lipinski definition) is 4. The third-order valence-corrected chi connectivity index (χ3v) is 11.2. The van der Waals surface area contributed by atoms with Gasteiger partial charge in [0.15, 0.2) is 0 Å². The number of anilines is 1. The van der Waals surface area contributed by atoms with Gasteiger partial charge in [0.2, 0.25) is 0 Å². The van der Waals surface area contributed by atoms with Crippen LogP contribution < -0.4 is 4.90 Å². The number of hydrogen-bond donors (Lipinski definition) is 0. The molecule has 2 heterocycles. The van der Waals surface area contributed by atoms with Gasteiger partial charge in [0.25, 0.3) is 23.6 Å². The van der Waals surface area contributed by atoms with E-state index < -0.39 is 0 Å². The van der Waals surface area contributed by atoms with Crippen LogP contribution in [0.5, 0.6) is 0 Å². The summed E-state index contributed by atoms with van der Waals surface area (Å²) < 4.78 is 0. The summed E-state index contributed by atoms with van der Waals surface area (Å²) in [5.41, 5.74) is 5.76. The van der Waals surface area contributed by atoms with E-state index in [-0.39, 0.29) is 41.0 Å². The Morgan fingerprint density at radius 1 is 0.528 bits per heavy atom. The fourth-order valence-electron chi connectivity index (χ4n) is 8.44. The summed E-state index contributed by atoms with van der Waals surface area (Å²) in [6.07, 6.45) is 1.75. The van der Waals surface area contributed by atoms with Crippen molar-refractivity contribution in [2.75, 3.05) is 4.90 Å². The summed E-state index contributed by atoms with van der Waals surface area (Å²) in [6, 6.07) is 28.8. The molecule has 0 N–H and O–H groups in total. The lowest BCUT2D eigenvalue weighted by molar-refractivity contribution is 0.0597. The summed E-state index contributed by atoms with van der Waals surface area (Å²) in [5, 5.41) is 6.38. The summed E-state index contributed by atoms with van der Waals surface area (Å²) in [5.74, 6) is -1.38. The van der Waals surface area contributed by atoms with Crippen LogP contribution in [0.1, 0.15) is 105 Å². The molecule has 0 radical (unpaired) electrons. The van der Waals surface area contributed by atoms with Crippen LogP contribution in [0.25, 0.3) is 49.2 Å². The van der Waals surface area contributed by atoms with E-state index in [4.69, 9.17) is 0 Å². The Kier molecular flexibility index (Phi) is 6.76.